The highest BCUT2D eigenvalue weighted by atomic mass is 16.5. The first-order chi connectivity index (χ1) is 11.3. The Balaban J connectivity index is 1.53. The van der Waals surface area contributed by atoms with Gasteiger partial charge in [0.2, 0.25) is 5.88 Å². The van der Waals surface area contributed by atoms with Crippen LogP contribution in [0.1, 0.15) is 18.7 Å². The third-order valence-corrected chi connectivity index (χ3v) is 3.70. The molecule has 9 nitrogen and oxygen atoms in total. The summed E-state index contributed by atoms with van der Waals surface area (Å²) in [7, 11) is 3.20. The van der Waals surface area contributed by atoms with E-state index >= 15 is 0 Å². The molecule has 0 unspecified atom stereocenters. The second kappa shape index (κ2) is 7.23. The van der Waals surface area contributed by atoms with Gasteiger partial charge in [-0.3, -0.25) is 0 Å². The lowest BCUT2D eigenvalue weighted by molar-refractivity contribution is 0.174. The Hall–Kier alpha value is -2.42. The molecule has 9 heteroatoms. The quantitative estimate of drug-likeness (QED) is 0.838. The smallest absolute Gasteiger partial charge is 0.324 e. The van der Waals surface area contributed by atoms with Crippen LogP contribution in [-0.2, 0) is 11.3 Å². The van der Waals surface area contributed by atoms with Gasteiger partial charge in [0.25, 0.3) is 0 Å². The van der Waals surface area contributed by atoms with Gasteiger partial charge in [-0.05, 0) is 12.8 Å². The van der Waals surface area contributed by atoms with Crippen LogP contribution in [0, 0.1) is 0 Å². The molecule has 1 aliphatic rings. The van der Waals surface area contributed by atoms with Crippen molar-refractivity contribution >= 4 is 11.8 Å². The van der Waals surface area contributed by atoms with Gasteiger partial charge in [0.05, 0.1) is 7.11 Å². The maximum absolute atomic E-state index is 5.27. The Morgan fingerprint density at radius 2 is 2.13 bits per heavy atom. The molecule has 0 atom stereocenters. The summed E-state index contributed by atoms with van der Waals surface area (Å²) < 4.78 is 15.4. The lowest BCUT2D eigenvalue weighted by Gasteiger charge is -2.31. The van der Waals surface area contributed by atoms with Crippen molar-refractivity contribution in [2.75, 3.05) is 37.5 Å². The number of anilines is 2. The average molecular weight is 320 g/mol. The van der Waals surface area contributed by atoms with Gasteiger partial charge < -0.3 is 24.2 Å². The largest absolute Gasteiger partial charge is 0.481 e. The monoisotopic (exact) mass is 320 g/mol. The third-order valence-electron chi connectivity index (χ3n) is 3.70. The van der Waals surface area contributed by atoms with Gasteiger partial charge >= 0.3 is 6.01 Å². The molecule has 1 N–H and O–H groups in total. The number of hydrogen-bond acceptors (Lipinski definition) is 9. The van der Waals surface area contributed by atoms with E-state index < -0.39 is 0 Å². The molecule has 1 aliphatic heterocycles. The molecule has 2 aromatic rings. The highest BCUT2D eigenvalue weighted by Crippen LogP contribution is 2.21. The number of rotatable bonds is 6. The zero-order valence-corrected chi connectivity index (χ0v) is 13.2. The highest BCUT2D eigenvalue weighted by molar-refractivity contribution is 5.39. The van der Waals surface area contributed by atoms with Gasteiger partial charge in [0, 0.05) is 32.3 Å². The van der Waals surface area contributed by atoms with Crippen molar-refractivity contribution in [3.8, 4) is 5.88 Å². The van der Waals surface area contributed by atoms with E-state index in [1.54, 1.807) is 20.3 Å². The van der Waals surface area contributed by atoms with Crippen LogP contribution in [-0.4, -0.2) is 53.5 Å². The number of nitrogens with zero attached hydrogens (tertiary/aromatic N) is 5. The molecule has 124 valence electrons. The van der Waals surface area contributed by atoms with Gasteiger partial charge in [0.15, 0.2) is 5.82 Å². The first-order valence-electron chi connectivity index (χ1n) is 7.47. The second-order valence-corrected chi connectivity index (χ2v) is 5.28. The molecule has 2 aromatic heterocycles. The third kappa shape index (κ3) is 3.86. The van der Waals surface area contributed by atoms with Gasteiger partial charge in [-0.1, -0.05) is 5.16 Å². The molecule has 0 spiro atoms. The second-order valence-electron chi connectivity index (χ2n) is 5.28. The van der Waals surface area contributed by atoms with E-state index in [1.807, 2.05) is 0 Å². The van der Waals surface area contributed by atoms with E-state index in [0.717, 1.165) is 31.7 Å². The SMILES string of the molecule is COCc1noc(N2CCC(Nc3cc(OC)ncn3)CC2)n1. The molecule has 0 amide bonds. The molecule has 0 aromatic carbocycles. The Morgan fingerprint density at radius 1 is 1.30 bits per heavy atom. The molecule has 1 fully saturated rings. The summed E-state index contributed by atoms with van der Waals surface area (Å²) in [6.45, 7) is 2.04. The van der Waals surface area contributed by atoms with Crippen molar-refractivity contribution < 1.29 is 14.0 Å². The Bertz CT molecular complexity index is 626. The lowest BCUT2D eigenvalue weighted by Crippen LogP contribution is -2.39. The van der Waals surface area contributed by atoms with E-state index in [1.165, 1.54) is 6.33 Å². The summed E-state index contributed by atoms with van der Waals surface area (Å²) >= 11 is 0. The van der Waals surface area contributed by atoms with Crippen molar-refractivity contribution in [2.45, 2.75) is 25.5 Å². The van der Waals surface area contributed by atoms with Crippen molar-refractivity contribution in [3.63, 3.8) is 0 Å². The van der Waals surface area contributed by atoms with Crippen LogP contribution in [0.15, 0.2) is 16.9 Å². The lowest BCUT2D eigenvalue weighted by atomic mass is 10.1. The van der Waals surface area contributed by atoms with Crippen LogP contribution in [0.2, 0.25) is 0 Å². The molecule has 0 bridgehead atoms. The zero-order valence-electron chi connectivity index (χ0n) is 13.2. The van der Waals surface area contributed by atoms with E-state index in [-0.39, 0.29) is 0 Å². The Labute approximate surface area is 134 Å². The normalized spacial score (nSPS) is 15.7. The van der Waals surface area contributed by atoms with Gasteiger partial charge in [-0.25, -0.2) is 9.97 Å². The molecule has 0 saturated carbocycles. The number of methoxy groups -OCH3 is 2. The Morgan fingerprint density at radius 3 is 2.87 bits per heavy atom. The zero-order chi connectivity index (χ0) is 16.1. The van der Waals surface area contributed by atoms with Gasteiger partial charge in [0.1, 0.15) is 18.8 Å². The topological polar surface area (TPSA) is 98.4 Å². The number of ether oxygens (including phenoxy) is 2. The molecule has 23 heavy (non-hydrogen) atoms. The summed E-state index contributed by atoms with van der Waals surface area (Å²) in [5.74, 6) is 1.89. The van der Waals surface area contributed by atoms with Crippen LogP contribution < -0.4 is 15.0 Å². The molecular formula is C14H20N6O3. The van der Waals surface area contributed by atoms with E-state index in [9.17, 15) is 0 Å². The van der Waals surface area contributed by atoms with Crippen molar-refractivity contribution in [1.82, 2.24) is 20.1 Å². The standard InChI is InChI=1S/C14H20N6O3/c1-21-8-12-18-14(23-19-12)20-5-3-10(4-6-20)17-11-7-13(22-2)16-9-15-11/h7,9-10H,3-6,8H2,1-2H3,(H,15,16,17). The minimum absolute atomic E-state index is 0.340. The fourth-order valence-electron chi connectivity index (χ4n) is 2.52. The van der Waals surface area contributed by atoms with Crippen LogP contribution in [0.4, 0.5) is 11.8 Å². The molecule has 0 radical (unpaired) electrons. The fraction of sp³-hybridized carbons (Fsp3) is 0.571. The number of hydrogen-bond donors (Lipinski definition) is 1. The fourth-order valence-corrected chi connectivity index (χ4v) is 2.52. The molecule has 0 aliphatic carbocycles. The summed E-state index contributed by atoms with van der Waals surface area (Å²) in [5.41, 5.74) is 0. The van der Waals surface area contributed by atoms with Crippen LogP contribution in [0.25, 0.3) is 0 Å². The van der Waals surface area contributed by atoms with E-state index in [4.69, 9.17) is 14.0 Å². The van der Waals surface area contributed by atoms with Crippen LogP contribution in [0.5, 0.6) is 5.88 Å². The number of aromatic nitrogens is 4. The number of piperidine rings is 1. The summed E-state index contributed by atoms with van der Waals surface area (Å²) in [4.78, 5) is 14.6. The molecule has 3 heterocycles. The molecular weight excluding hydrogens is 300 g/mol. The maximum Gasteiger partial charge on any atom is 0.324 e. The van der Waals surface area contributed by atoms with Crippen LogP contribution in [0.3, 0.4) is 0 Å². The molecule has 1 saturated heterocycles. The van der Waals surface area contributed by atoms with Gasteiger partial charge in [-0.2, -0.15) is 4.98 Å². The molecule has 3 rings (SSSR count). The Kier molecular flexibility index (Phi) is 4.86. The van der Waals surface area contributed by atoms with Crippen LogP contribution >= 0.6 is 0 Å². The van der Waals surface area contributed by atoms with E-state index in [2.05, 4.69) is 30.3 Å². The summed E-state index contributed by atoms with van der Waals surface area (Å²) in [5, 5.41) is 7.30. The van der Waals surface area contributed by atoms with Crippen molar-refractivity contribution in [2.24, 2.45) is 0 Å². The summed E-state index contributed by atoms with van der Waals surface area (Å²) in [6, 6.07) is 2.69. The maximum atomic E-state index is 5.27. The predicted octanol–water partition coefficient (Wildman–Crippen LogP) is 1.10. The summed E-state index contributed by atoms with van der Waals surface area (Å²) in [6.07, 6.45) is 3.40. The average Bonchev–Trinajstić information content (AvgIpc) is 3.05. The number of nitrogens with one attached hydrogen (secondary N) is 1. The van der Waals surface area contributed by atoms with Crippen molar-refractivity contribution in [3.05, 3.63) is 18.2 Å². The first kappa shape index (κ1) is 15.5. The highest BCUT2D eigenvalue weighted by Gasteiger charge is 2.23. The minimum atomic E-state index is 0.340. The van der Waals surface area contributed by atoms with E-state index in [0.29, 0.717) is 30.4 Å². The minimum Gasteiger partial charge on any atom is -0.481 e. The predicted molar refractivity (Wildman–Crippen MR) is 82.5 cm³/mol. The van der Waals surface area contributed by atoms with Gasteiger partial charge in [-0.15, -0.1) is 0 Å². The first-order valence-corrected chi connectivity index (χ1v) is 7.47. The van der Waals surface area contributed by atoms with Crippen molar-refractivity contribution in [1.29, 1.82) is 0 Å².